The van der Waals surface area contributed by atoms with Crippen molar-refractivity contribution in [3.63, 3.8) is 0 Å². The van der Waals surface area contributed by atoms with Gasteiger partial charge >= 0.3 is 0 Å². The lowest BCUT2D eigenvalue weighted by Gasteiger charge is -2.29. The minimum atomic E-state index is -0.0389. The van der Waals surface area contributed by atoms with E-state index < -0.39 is 0 Å². The highest BCUT2D eigenvalue weighted by Crippen LogP contribution is 2.24. The van der Waals surface area contributed by atoms with Crippen molar-refractivity contribution in [2.75, 3.05) is 31.8 Å². The number of carbonyl (C=O) groups is 1. The Labute approximate surface area is 120 Å². The van der Waals surface area contributed by atoms with Crippen molar-refractivity contribution in [3.8, 4) is 0 Å². The van der Waals surface area contributed by atoms with Crippen molar-refractivity contribution in [2.45, 2.75) is 31.9 Å². The topological polar surface area (TPSA) is 67.6 Å². The summed E-state index contributed by atoms with van der Waals surface area (Å²) in [6, 6.07) is 5.79. The minimum absolute atomic E-state index is 0.0389. The molecule has 1 aliphatic heterocycles. The Kier molecular flexibility index (Phi) is 4.49. The summed E-state index contributed by atoms with van der Waals surface area (Å²) in [6.07, 6.45) is 2.22. The molecule has 20 heavy (non-hydrogen) atoms. The van der Waals surface area contributed by atoms with Crippen LogP contribution in [0, 0.1) is 0 Å². The number of hydrogen-bond acceptors (Lipinski definition) is 4. The van der Waals surface area contributed by atoms with Gasteiger partial charge in [0.25, 0.3) is 5.91 Å². The van der Waals surface area contributed by atoms with Gasteiger partial charge in [0.1, 0.15) is 0 Å². The Morgan fingerprint density at radius 1 is 1.45 bits per heavy atom. The van der Waals surface area contributed by atoms with Crippen molar-refractivity contribution >= 4 is 17.3 Å². The van der Waals surface area contributed by atoms with Crippen molar-refractivity contribution in [1.29, 1.82) is 0 Å². The van der Waals surface area contributed by atoms with E-state index in [4.69, 9.17) is 10.5 Å². The van der Waals surface area contributed by atoms with E-state index in [1.807, 2.05) is 12.1 Å². The van der Waals surface area contributed by atoms with Gasteiger partial charge in [-0.05, 0) is 38.0 Å². The van der Waals surface area contributed by atoms with Crippen LogP contribution in [0.1, 0.15) is 30.1 Å². The van der Waals surface area contributed by atoms with Gasteiger partial charge in [-0.1, -0.05) is 0 Å². The molecule has 0 aromatic heterocycles. The van der Waals surface area contributed by atoms with E-state index >= 15 is 0 Å². The molecule has 2 rings (SSSR count). The molecule has 2 atom stereocenters. The highest BCUT2D eigenvalue weighted by Gasteiger charge is 2.20. The molecule has 1 aromatic carbocycles. The molecule has 1 aromatic rings. The number of nitrogens with zero attached hydrogens (tertiary/aromatic N) is 1. The molecule has 0 bridgehead atoms. The third-order valence-corrected chi connectivity index (χ3v) is 3.55. The van der Waals surface area contributed by atoms with Crippen molar-refractivity contribution in [3.05, 3.63) is 23.8 Å². The average molecular weight is 277 g/mol. The van der Waals surface area contributed by atoms with Crippen LogP contribution in [-0.2, 0) is 4.74 Å². The molecule has 1 amide bonds. The number of rotatable bonds is 3. The molecule has 0 saturated carbocycles. The van der Waals surface area contributed by atoms with Crippen LogP contribution < -0.4 is 11.1 Å². The smallest absolute Gasteiger partial charge is 0.253 e. The first-order chi connectivity index (χ1) is 9.47. The highest BCUT2D eigenvalue weighted by atomic mass is 16.5. The molecule has 1 saturated heterocycles. The van der Waals surface area contributed by atoms with Crippen LogP contribution in [0.4, 0.5) is 11.4 Å². The van der Waals surface area contributed by atoms with Gasteiger partial charge in [0.15, 0.2) is 0 Å². The summed E-state index contributed by atoms with van der Waals surface area (Å²) in [5, 5.41) is 3.45. The third-order valence-electron chi connectivity index (χ3n) is 3.55. The van der Waals surface area contributed by atoms with Crippen molar-refractivity contribution in [1.82, 2.24) is 4.90 Å². The molecule has 110 valence electrons. The fourth-order valence-corrected chi connectivity index (χ4v) is 2.43. The van der Waals surface area contributed by atoms with Gasteiger partial charge in [0.2, 0.25) is 0 Å². The Balaban J connectivity index is 2.08. The molecule has 3 N–H and O–H groups in total. The largest absolute Gasteiger partial charge is 0.397 e. The maximum absolute atomic E-state index is 11.9. The summed E-state index contributed by atoms with van der Waals surface area (Å²) in [6.45, 7) is 2.85. The van der Waals surface area contributed by atoms with Crippen LogP contribution in [0.5, 0.6) is 0 Å². The zero-order valence-electron chi connectivity index (χ0n) is 12.3. The summed E-state index contributed by atoms with van der Waals surface area (Å²) in [7, 11) is 3.46. The fourth-order valence-electron chi connectivity index (χ4n) is 2.43. The molecule has 0 aliphatic carbocycles. The molecular formula is C15H23N3O2. The average Bonchev–Trinajstić information content (AvgIpc) is 2.40. The lowest BCUT2D eigenvalue weighted by atomic mass is 10.0. The van der Waals surface area contributed by atoms with Crippen molar-refractivity contribution in [2.24, 2.45) is 0 Å². The van der Waals surface area contributed by atoms with Gasteiger partial charge < -0.3 is 20.7 Å². The van der Waals surface area contributed by atoms with Gasteiger partial charge in [-0.25, -0.2) is 0 Å². The number of nitrogens with two attached hydrogens (primary N) is 1. The number of ether oxygens (including phenoxy) is 1. The van der Waals surface area contributed by atoms with E-state index in [0.29, 0.717) is 17.3 Å². The molecule has 1 fully saturated rings. The summed E-state index contributed by atoms with van der Waals surface area (Å²) in [4.78, 5) is 13.4. The standard InChI is InChI=1S/C15H23N3O2/c1-10-8-12(6-7-20-10)17-14-5-4-11(9-13(14)16)15(19)18(2)3/h4-5,9-10,12,17H,6-8,16H2,1-3H3. The van der Waals surface area contributed by atoms with E-state index in [0.717, 1.165) is 25.1 Å². The van der Waals surface area contributed by atoms with Crippen LogP contribution in [0.15, 0.2) is 18.2 Å². The summed E-state index contributed by atoms with van der Waals surface area (Å²) in [5.41, 5.74) is 8.15. The second kappa shape index (κ2) is 6.13. The lowest BCUT2D eigenvalue weighted by molar-refractivity contribution is 0.0232. The first-order valence-electron chi connectivity index (χ1n) is 6.96. The van der Waals surface area contributed by atoms with Gasteiger partial charge in [0.05, 0.1) is 17.5 Å². The molecule has 1 heterocycles. The van der Waals surface area contributed by atoms with Crippen molar-refractivity contribution < 1.29 is 9.53 Å². The Morgan fingerprint density at radius 3 is 2.80 bits per heavy atom. The molecule has 5 heteroatoms. The third kappa shape index (κ3) is 3.42. The zero-order chi connectivity index (χ0) is 14.7. The van der Waals surface area contributed by atoms with E-state index in [1.165, 1.54) is 0 Å². The SMILES string of the molecule is CC1CC(Nc2ccc(C(=O)N(C)C)cc2N)CCO1. The van der Waals surface area contributed by atoms with Gasteiger partial charge in [-0.2, -0.15) is 0 Å². The number of nitrogen functional groups attached to an aromatic ring is 1. The van der Waals surface area contributed by atoms with Gasteiger partial charge in [0, 0.05) is 32.3 Å². The monoisotopic (exact) mass is 277 g/mol. The number of hydrogen-bond donors (Lipinski definition) is 2. The predicted molar refractivity (Wildman–Crippen MR) is 80.9 cm³/mol. The van der Waals surface area contributed by atoms with Crippen LogP contribution >= 0.6 is 0 Å². The number of benzene rings is 1. The maximum atomic E-state index is 11.9. The normalized spacial score (nSPS) is 22.4. The summed E-state index contributed by atoms with van der Waals surface area (Å²) in [5.74, 6) is -0.0389. The van der Waals surface area contributed by atoms with Gasteiger partial charge in [-0.15, -0.1) is 0 Å². The molecular weight excluding hydrogens is 254 g/mol. The quantitative estimate of drug-likeness (QED) is 0.829. The van der Waals surface area contributed by atoms with Crippen LogP contribution in [0.2, 0.25) is 0 Å². The fraction of sp³-hybridized carbons (Fsp3) is 0.533. The second-order valence-corrected chi connectivity index (χ2v) is 5.55. The molecule has 5 nitrogen and oxygen atoms in total. The van der Waals surface area contributed by atoms with E-state index in [9.17, 15) is 4.79 Å². The number of carbonyl (C=O) groups excluding carboxylic acids is 1. The number of amides is 1. The minimum Gasteiger partial charge on any atom is -0.397 e. The molecule has 1 aliphatic rings. The molecule has 0 radical (unpaired) electrons. The summed E-state index contributed by atoms with van der Waals surface area (Å²) >= 11 is 0. The van der Waals surface area contributed by atoms with Gasteiger partial charge in [-0.3, -0.25) is 4.79 Å². The Hall–Kier alpha value is -1.75. The molecule has 2 unspecified atom stereocenters. The summed E-state index contributed by atoms with van der Waals surface area (Å²) < 4.78 is 5.53. The van der Waals surface area contributed by atoms with Crippen LogP contribution in [-0.4, -0.2) is 43.7 Å². The second-order valence-electron chi connectivity index (χ2n) is 5.55. The first kappa shape index (κ1) is 14.7. The van der Waals surface area contributed by atoms with E-state index in [2.05, 4.69) is 12.2 Å². The van der Waals surface area contributed by atoms with Crippen LogP contribution in [0.25, 0.3) is 0 Å². The predicted octanol–water partition coefficient (Wildman–Crippen LogP) is 1.95. The van der Waals surface area contributed by atoms with E-state index in [-0.39, 0.29) is 12.0 Å². The number of nitrogens with one attached hydrogen (secondary N) is 1. The lowest BCUT2D eigenvalue weighted by Crippen LogP contribution is -2.32. The van der Waals surface area contributed by atoms with E-state index in [1.54, 1.807) is 25.1 Å². The molecule has 0 spiro atoms. The maximum Gasteiger partial charge on any atom is 0.253 e. The Bertz CT molecular complexity index is 488. The highest BCUT2D eigenvalue weighted by molar-refractivity contribution is 5.95. The first-order valence-corrected chi connectivity index (χ1v) is 6.96. The Morgan fingerprint density at radius 2 is 2.20 bits per heavy atom. The zero-order valence-corrected chi connectivity index (χ0v) is 12.3. The number of anilines is 2. The van der Waals surface area contributed by atoms with Crippen LogP contribution in [0.3, 0.4) is 0 Å².